The van der Waals surface area contributed by atoms with Crippen LogP contribution in [0.25, 0.3) is 0 Å². The Labute approximate surface area is 156 Å². The van der Waals surface area contributed by atoms with Gasteiger partial charge >= 0.3 is 0 Å². The van der Waals surface area contributed by atoms with E-state index in [0.717, 1.165) is 49.8 Å². The molecule has 1 saturated carbocycles. The van der Waals surface area contributed by atoms with E-state index in [1.165, 1.54) is 12.8 Å². The number of guanidine groups is 1. The maximum Gasteiger partial charge on any atom is 0.218 e. The van der Waals surface area contributed by atoms with Gasteiger partial charge in [-0.05, 0) is 45.1 Å². The van der Waals surface area contributed by atoms with Gasteiger partial charge in [0.15, 0.2) is 5.96 Å². The summed E-state index contributed by atoms with van der Waals surface area (Å²) in [6, 6.07) is 3.99. The van der Waals surface area contributed by atoms with Crippen LogP contribution in [0.1, 0.15) is 51.5 Å². The van der Waals surface area contributed by atoms with Gasteiger partial charge in [0.25, 0.3) is 0 Å². The van der Waals surface area contributed by atoms with Gasteiger partial charge in [0.2, 0.25) is 5.88 Å². The van der Waals surface area contributed by atoms with Gasteiger partial charge in [-0.25, -0.2) is 9.98 Å². The first-order chi connectivity index (χ1) is 10.8. The number of hydrogen-bond donors (Lipinski definition) is 2. The van der Waals surface area contributed by atoms with Crippen molar-refractivity contribution in [3.05, 3.63) is 23.9 Å². The van der Waals surface area contributed by atoms with E-state index in [-0.39, 0.29) is 24.0 Å². The first-order valence-corrected chi connectivity index (χ1v) is 8.46. The molecule has 0 aliphatic heterocycles. The predicted molar refractivity (Wildman–Crippen MR) is 106 cm³/mol. The number of rotatable bonds is 7. The van der Waals surface area contributed by atoms with E-state index in [2.05, 4.69) is 34.5 Å². The fourth-order valence-electron chi connectivity index (χ4n) is 2.56. The van der Waals surface area contributed by atoms with Crippen molar-refractivity contribution in [2.45, 2.75) is 58.6 Å². The molecule has 130 valence electrons. The van der Waals surface area contributed by atoms with Gasteiger partial charge in [0, 0.05) is 24.8 Å². The lowest BCUT2D eigenvalue weighted by Gasteiger charge is -2.15. The van der Waals surface area contributed by atoms with Crippen molar-refractivity contribution in [3.63, 3.8) is 0 Å². The van der Waals surface area contributed by atoms with Crippen LogP contribution < -0.4 is 15.4 Å². The molecule has 0 unspecified atom stereocenters. The quantitative estimate of drug-likeness (QED) is 0.394. The summed E-state index contributed by atoms with van der Waals surface area (Å²) in [5, 5.41) is 6.57. The third kappa shape index (κ3) is 6.93. The highest BCUT2D eigenvalue weighted by atomic mass is 127. The summed E-state index contributed by atoms with van der Waals surface area (Å²) in [4.78, 5) is 9.03. The zero-order chi connectivity index (χ0) is 15.6. The Kier molecular flexibility index (Phi) is 9.98. The molecule has 0 saturated heterocycles. The average Bonchev–Trinajstić information content (AvgIpc) is 3.04. The number of aliphatic imine (C=N–C) groups is 1. The highest BCUT2D eigenvalue weighted by Crippen LogP contribution is 2.25. The molecule has 23 heavy (non-hydrogen) atoms. The minimum absolute atomic E-state index is 0. The van der Waals surface area contributed by atoms with Crippen LogP contribution in [-0.2, 0) is 6.54 Å². The van der Waals surface area contributed by atoms with E-state index in [1.54, 1.807) is 6.20 Å². The maximum absolute atomic E-state index is 6.06. The third-order valence-corrected chi connectivity index (χ3v) is 3.72. The molecule has 1 aliphatic rings. The van der Waals surface area contributed by atoms with Crippen molar-refractivity contribution < 1.29 is 4.74 Å². The summed E-state index contributed by atoms with van der Waals surface area (Å²) < 4.78 is 6.06. The summed E-state index contributed by atoms with van der Waals surface area (Å²) in [7, 11) is 0. The topological polar surface area (TPSA) is 58.5 Å². The lowest BCUT2D eigenvalue weighted by atomic mass is 10.2. The number of hydrogen-bond acceptors (Lipinski definition) is 3. The molecule has 1 aromatic rings. The molecular weight excluding hydrogens is 403 g/mol. The van der Waals surface area contributed by atoms with Gasteiger partial charge in [0.1, 0.15) is 6.10 Å². The van der Waals surface area contributed by atoms with Crippen LogP contribution in [0.5, 0.6) is 5.88 Å². The summed E-state index contributed by atoms with van der Waals surface area (Å²) >= 11 is 0. The van der Waals surface area contributed by atoms with Gasteiger partial charge < -0.3 is 15.4 Å². The summed E-state index contributed by atoms with van der Waals surface area (Å²) in [5.41, 5.74) is 1.04. The first kappa shape index (κ1) is 20.0. The molecule has 1 aromatic heterocycles. The van der Waals surface area contributed by atoms with Gasteiger partial charge in [0.05, 0.1) is 6.54 Å². The number of pyridine rings is 1. The summed E-state index contributed by atoms with van der Waals surface area (Å²) in [5.74, 6) is 1.59. The molecule has 0 aromatic carbocycles. The fourth-order valence-corrected chi connectivity index (χ4v) is 2.56. The molecule has 2 rings (SSSR count). The molecule has 1 aliphatic carbocycles. The number of nitrogens with zero attached hydrogens (tertiary/aromatic N) is 2. The highest BCUT2D eigenvalue weighted by molar-refractivity contribution is 14.0. The normalized spacial score (nSPS) is 15.1. The van der Waals surface area contributed by atoms with E-state index in [1.807, 2.05) is 12.1 Å². The SMILES string of the molecule is CCCNC(=NCc1cccnc1OC1CCCC1)NCC.I. The van der Waals surface area contributed by atoms with Crippen LogP contribution in [-0.4, -0.2) is 30.1 Å². The standard InChI is InChI=1S/C17H28N4O.HI/c1-3-11-20-17(18-4-2)21-13-14-8-7-12-19-16(14)22-15-9-5-6-10-15;/h7-8,12,15H,3-6,9-11,13H2,1-2H3,(H2,18,20,21);1H. The zero-order valence-electron chi connectivity index (χ0n) is 14.2. The molecule has 2 N–H and O–H groups in total. The highest BCUT2D eigenvalue weighted by Gasteiger charge is 2.18. The van der Waals surface area contributed by atoms with Gasteiger partial charge in [-0.1, -0.05) is 13.0 Å². The zero-order valence-corrected chi connectivity index (χ0v) is 16.5. The molecule has 5 nitrogen and oxygen atoms in total. The van der Waals surface area contributed by atoms with Crippen molar-refractivity contribution in [1.29, 1.82) is 0 Å². The van der Waals surface area contributed by atoms with Crippen molar-refractivity contribution in [1.82, 2.24) is 15.6 Å². The number of ether oxygens (including phenoxy) is 1. The van der Waals surface area contributed by atoms with Crippen molar-refractivity contribution >= 4 is 29.9 Å². The van der Waals surface area contributed by atoms with Gasteiger partial charge in [-0.15, -0.1) is 24.0 Å². The predicted octanol–water partition coefficient (Wildman–Crippen LogP) is 3.49. The monoisotopic (exact) mass is 432 g/mol. The van der Waals surface area contributed by atoms with Crippen LogP contribution in [0.4, 0.5) is 0 Å². The smallest absolute Gasteiger partial charge is 0.218 e. The Morgan fingerprint density at radius 1 is 1.30 bits per heavy atom. The van der Waals surface area contributed by atoms with Crippen molar-refractivity contribution in [3.8, 4) is 5.88 Å². The summed E-state index contributed by atoms with van der Waals surface area (Å²) in [6.45, 7) is 6.57. The van der Waals surface area contributed by atoms with Crippen molar-refractivity contribution in [2.75, 3.05) is 13.1 Å². The molecule has 0 spiro atoms. The third-order valence-electron chi connectivity index (χ3n) is 3.72. The maximum atomic E-state index is 6.06. The fraction of sp³-hybridized carbons (Fsp3) is 0.647. The number of nitrogens with one attached hydrogen (secondary N) is 2. The van der Waals surface area contributed by atoms with Crippen molar-refractivity contribution in [2.24, 2.45) is 4.99 Å². The van der Waals surface area contributed by atoms with E-state index in [4.69, 9.17) is 4.74 Å². The van der Waals surface area contributed by atoms with Crippen LogP contribution >= 0.6 is 24.0 Å². The first-order valence-electron chi connectivity index (χ1n) is 8.46. The van der Waals surface area contributed by atoms with E-state index in [9.17, 15) is 0 Å². The van der Waals surface area contributed by atoms with Gasteiger partial charge in [-0.2, -0.15) is 0 Å². The Balaban J connectivity index is 0.00000264. The lowest BCUT2D eigenvalue weighted by Crippen LogP contribution is -2.37. The lowest BCUT2D eigenvalue weighted by molar-refractivity contribution is 0.199. The van der Waals surface area contributed by atoms with E-state index >= 15 is 0 Å². The minimum atomic E-state index is 0. The van der Waals surface area contributed by atoms with Crippen LogP contribution in [0.2, 0.25) is 0 Å². The molecule has 6 heteroatoms. The van der Waals surface area contributed by atoms with E-state index < -0.39 is 0 Å². The Bertz CT molecular complexity index is 475. The molecule has 1 fully saturated rings. The molecule has 0 atom stereocenters. The van der Waals surface area contributed by atoms with Crippen LogP contribution in [0.15, 0.2) is 23.3 Å². The van der Waals surface area contributed by atoms with E-state index in [0.29, 0.717) is 12.6 Å². The van der Waals surface area contributed by atoms with Gasteiger partial charge in [-0.3, -0.25) is 0 Å². The Hall–Kier alpha value is -1.05. The largest absolute Gasteiger partial charge is 0.474 e. The second-order valence-electron chi connectivity index (χ2n) is 5.61. The molecular formula is C17H29IN4O. The molecule has 1 heterocycles. The molecule has 0 radical (unpaired) electrons. The summed E-state index contributed by atoms with van der Waals surface area (Å²) in [6.07, 6.45) is 7.99. The second kappa shape index (κ2) is 11.5. The van der Waals surface area contributed by atoms with Crippen LogP contribution in [0.3, 0.4) is 0 Å². The molecule has 0 amide bonds. The minimum Gasteiger partial charge on any atom is -0.474 e. The average molecular weight is 432 g/mol. The van der Waals surface area contributed by atoms with Crippen LogP contribution in [0, 0.1) is 0 Å². The Morgan fingerprint density at radius 2 is 2.09 bits per heavy atom. The number of halogens is 1. The number of aromatic nitrogens is 1. The Morgan fingerprint density at radius 3 is 2.78 bits per heavy atom. The second-order valence-corrected chi connectivity index (χ2v) is 5.61. The molecule has 0 bridgehead atoms.